The summed E-state index contributed by atoms with van der Waals surface area (Å²) in [5.74, 6) is 0.908. The maximum absolute atomic E-state index is 10.6. The monoisotopic (exact) mass is 425 g/mol. The van der Waals surface area contributed by atoms with E-state index >= 15 is 0 Å². The second-order valence-corrected chi connectivity index (χ2v) is 9.37. The molecule has 0 saturated heterocycles. The Labute approximate surface area is 173 Å². The van der Waals surface area contributed by atoms with Gasteiger partial charge in [0.05, 0.1) is 5.69 Å². The number of rotatable bonds is 3. The topological polar surface area (TPSA) is 32.6 Å². The molecule has 1 N–H and O–H groups in total. The van der Waals surface area contributed by atoms with Crippen molar-refractivity contribution >= 4 is 30.5 Å². The van der Waals surface area contributed by atoms with E-state index in [4.69, 9.17) is 18.6 Å². The van der Waals surface area contributed by atoms with Gasteiger partial charge in [0.1, 0.15) is 5.75 Å². The molecular weight excluding hydrogens is 401 g/mol. The number of phenols is 1. The van der Waals surface area contributed by atoms with Gasteiger partial charge in [0, 0.05) is 11.8 Å². The Balaban J connectivity index is 0.000000758. The van der Waals surface area contributed by atoms with E-state index in [1.54, 1.807) is 6.21 Å². The normalized spacial score (nSPS) is 14.8. The van der Waals surface area contributed by atoms with Crippen molar-refractivity contribution in [3.63, 3.8) is 0 Å². The van der Waals surface area contributed by atoms with Crippen molar-refractivity contribution in [1.82, 2.24) is 0 Å². The molecule has 2 nitrogen and oxygen atoms in total. The molecule has 138 valence electrons. The van der Waals surface area contributed by atoms with Crippen LogP contribution in [0, 0.1) is 13.8 Å². The third kappa shape index (κ3) is 6.42. The number of hydrogen-bond acceptors (Lipinski definition) is 2. The van der Waals surface area contributed by atoms with Crippen molar-refractivity contribution < 1.29 is 22.1 Å². The Kier molecular flexibility index (Phi) is 9.21. The third-order valence-electron chi connectivity index (χ3n) is 4.70. The van der Waals surface area contributed by atoms with Crippen LogP contribution in [0.5, 0.6) is 5.75 Å². The van der Waals surface area contributed by atoms with E-state index in [0.717, 1.165) is 16.8 Å². The molecule has 26 heavy (non-hydrogen) atoms. The van der Waals surface area contributed by atoms with Gasteiger partial charge in [-0.05, 0) is 67.5 Å². The van der Waals surface area contributed by atoms with Crippen LogP contribution in [-0.4, -0.2) is 11.3 Å². The number of benzene rings is 2. The molecule has 0 aliphatic heterocycles. The maximum atomic E-state index is 10.6. The molecule has 0 amide bonds. The zero-order chi connectivity index (χ0) is 18.9. The Morgan fingerprint density at radius 2 is 1.65 bits per heavy atom. The predicted octanol–water partition coefficient (Wildman–Crippen LogP) is 7.18. The summed E-state index contributed by atoms with van der Waals surface area (Å²) in [5.41, 5.74) is 5.25. The van der Waals surface area contributed by atoms with Crippen LogP contribution in [0.15, 0.2) is 41.4 Å². The van der Waals surface area contributed by atoms with Crippen LogP contribution in [0.4, 0.5) is 5.69 Å². The van der Waals surface area contributed by atoms with Crippen LogP contribution in [0.2, 0.25) is 0 Å². The van der Waals surface area contributed by atoms with Crippen molar-refractivity contribution in [3.05, 3.63) is 58.7 Å². The van der Waals surface area contributed by atoms with E-state index in [9.17, 15) is 5.11 Å². The molecule has 0 aromatic heterocycles. The van der Waals surface area contributed by atoms with Crippen molar-refractivity contribution in [2.75, 3.05) is 0 Å². The SMILES string of the molecule is Cc1cc(C)cc(N=Cc2cccc(C3CCCCC3)c2O)c1.[Cl][Ti][Cl]. The molecule has 1 saturated carbocycles. The quantitative estimate of drug-likeness (QED) is 0.409. The van der Waals surface area contributed by atoms with Crippen LogP contribution in [0.25, 0.3) is 0 Å². The van der Waals surface area contributed by atoms with Gasteiger partial charge in [0.2, 0.25) is 0 Å². The van der Waals surface area contributed by atoms with Crippen molar-refractivity contribution in [1.29, 1.82) is 0 Å². The fourth-order valence-corrected chi connectivity index (χ4v) is 3.60. The molecule has 5 heteroatoms. The van der Waals surface area contributed by atoms with Crippen LogP contribution >= 0.6 is 18.6 Å². The zero-order valence-electron chi connectivity index (χ0n) is 15.3. The second-order valence-electron chi connectivity index (χ2n) is 6.80. The first-order valence-electron chi connectivity index (χ1n) is 8.95. The number of para-hydroxylation sites is 1. The van der Waals surface area contributed by atoms with Gasteiger partial charge < -0.3 is 5.11 Å². The molecule has 1 fully saturated rings. The summed E-state index contributed by atoms with van der Waals surface area (Å²) in [6.07, 6.45) is 8.02. The summed E-state index contributed by atoms with van der Waals surface area (Å²) in [6, 6.07) is 12.3. The molecule has 3 rings (SSSR count). The number of aryl methyl sites for hydroxylation is 2. The summed E-state index contributed by atoms with van der Waals surface area (Å²) in [6.45, 7) is 4.15. The third-order valence-corrected chi connectivity index (χ3v) is 4.70. The molecule has 0 unspecified atom stereocenters. The van der Waals surface area contributed by atoms with Crippen LogP contribution < -0.4 is 0 Å². The summed E-state index contributed by atoms with van der Waals surface area (Å²) >= 11 is -0.556. The number of phenolic OH excluding ortho intramolecular Hbond substituents is 1. The first-order chi connectivity index (χ1) is 12.5. The van der Waals surface area contributed by atoms with E-state index in [2.05, 4.69) is 43.1 Å². The minimum atomic E-state index is -0.556. The van der Waals surface area contributed by atoms with Gasteiger partial charge in [-0.25, -0.2) is 0 Å². The molecule has 0 radical (unpaired) electrons. The van der Waals surface area contributed by atoms with Crippen molar-refractivity contribution in [3.8, 4) is 5.75 Å². The Morgan fingerprint density at radius 1 is 1.04 bits per heavy atom. The molecule has 0 atom stereocenters. The molecule has 2 aromatic rings. The Hall–Kier alpha value is -0.796. The van der Waals surface area contributed by atoms with Crippen LogP contribution in [0.1, 0.15) is 60.3 Å². The number of nitrogens with zero attached hydrogens (tertiary/aromatic N) is 1. The van der Waals surface area contributed by atoms with Crippen molar-refractivity contribution in [2.45, 2.75) is 51.9 Å². The Bertz CT molecular complexity index is 723. The van der Waals surface area contributed by atoms with Gasteiger partial charge in [-0.3, -0.25) is 4.99 Å². The molecule has 0 bridgehead atoms. The van der Waals surface area contributed by atoms with E-state index < -0.39 is 17.0 Å². The summed E-state index contributed by atoms with van der Waals surface area (Å²) in [4.78, 5) is 4.56. The molecule has 1 aliphatic carbocycles. The first kappa shape index (κ1) is 21.5. The Morgan fingerprint density at radius 3 is 2.27 bits per heavy atom. The average Bonchev–Trinajstić information content (AvgIpc) is 2.61. The zero-order valence-corrected chi connectivity index (χ0v) is 18.4. The van der Waals surface area contributed by atoms with E-state index in [0.29, 0.717) is 11.7 Å². The van der Waals surface area contributed by atoms with Gasteiger partial charge in [-0.1, -0.05) is 37.5 Å². The van der Waals surface area contributed by atoms with Gasteiger partial charge in [0.25, 0.3) is 0 Å². The summed E-state index contributed by atoms with van der Waals surface area (Å²) in [5, 5.41) is 10.6. The van der Waals surface area contributed by atoms with E-state index in [-0.39, 0.29) is 0 Å². The molecule has 1 aliphatic rings. The van der Waals surface area contributed by atoms with Crippen LogP contribution in [0.3, 0.4) is 0 Å². The first-order valence-corrected chi connectivity index (χ1v) is 13.3. The number of aromatic hydroxyl groups is 1. The molecule has 0 spiro atoms. The van der Waals surface area contributed by atoms with Gasteiger partial charge in [-0.15, -0.1) is 0 Å². The summed E-state index contributed by atoms with van der Waals surface area (Å²) in [7, 11) is 9.78. The number of hydrogen-bond donors (Lipinski definition) is 1. The van der Waals surface area contributed by atoms with Gasteiger partial charge in [-0.2, -0.15) is 0 Å². The molecule has 0 heterocycles. The second kappa shape index (κ2) is 11.1. The van der Waals surface area contributed by atoms with Gasteiger partial charge >= 0.3 is 35.6 Å². The summed E-state index contributed by atoms with van der Waals surface area (Å²) < 4.78 is 0. The fourth-order valence-electron chi connectivity index (χ4n) is 3.60. The van der Waals surface area contributed by atoms with Gasteiger partial charge in [0.15, 0.2) is 0 Å². The average molecular weight is 426 g/mol. The molecule has 2 aromatic carbocycles. The number of aliphatic imine (C=N–C) groups is 1. The van der Waals surface area contributed by atoms with E-state index in [1.165, 1.54) is 43.2 Å². The molecular formula is C21H25Cl2NOTi. The fraction of sp³-hybridized carbons (Fsp3) is 0.381. The van der Waals surface area contributed by atoms with Crippen molar-refractivity contribution in [2.24, 2.45) is 4.99 Å². The van der Waals surface area contributed by atoms with E-state index in [1.807, 2.05) is 12.1 Å². The predicted molar refractivity (Wildman–Crippen MR) is 109 cm³/mol. The number of halogens is 2. The van der Waals surface area contributed by atoms with Crippen LogP contribution in [-0.2, 0) is 17.0 Å². The minimum absolute atomic E-state index is 0.410. The standard InChI is InChI=1S/C21H25NO.2ClH.Ti/c1-15-11-16(2)13-19(12-15)22-14-18-9-6-10-20(21(18)23)17-7-4-3-5-8-17;;;/h6,9-14,17,23H,3-5,7-8H2,1-2H3;2*1H;/q;;;+2/p-2.